The normalized spacial score (nSPS) is 10.8. The van der Waals surface area contributed by atoms with Gasteiger partial charge in [0.25, 0.3) is 0 Å². The fourth-order valence-electron chi connectivity index (χ4n) is 3.02. The maximum Gasteiger partial charge on any atom is 0.329 e. The molecular formula is C25H21BrCl3N3O4. The zero-order chi connectivity index (χ0) is 26.2. The number of benzene rings is 3. The third-order valence-electron chi connectivity index (χ3n) is 4.86. The summed E-state index contributed by atoms with van der Waals surface area (Å²) in [4.78, 5) is 24.3. The zero-order valence-corrected chi connectivity index (χ0v) is 23.1. The Morgan fingerprint density at radius 3 is 2.36 bits per heavy atom. The van der Waals surface area contributed by atoms with Crippen LogP contribution in [0.15, 0.2) is 58.1 Å². The van der Waals surface area contributed by atoms with E-state index < -0.39 is 11.8 Å². The largest absolute Gasteiger partial charge is 0.490 e. The van der Waals surface area contributed by atoms with Crippen LogP contribution in [0.25, 0.3) is 0 Å². The van der Waals surface area contributed by atoms with E-state index in [-0.39, 0.29) is 6.61 Å². The van der Waals surface area contributed by atoms with E-state index in [1.54, 1.807) is 55.5 Å². The molecule has 0 radical (unpaired) electrons. The Morgan fingerprint density at radius 2 is 1.67 bits per heavy atom. The molecule has 0 unspecified atom stereocenters. The second-order valence-corrected chi connectivity index (χ2v) is 9.39. The van der Waals surface area contributed by atoms with Crippen LogP contribution in [-0.2, 0) is 16.2 Å². The molecule has 2 amide bonds. The lowest BCUT2D eigenvalue weighted by atomic mass is 10.2. The summed E-state index contributed by atoms with van der Waals surface area (Å²) in [7, 11) is 0. The number of rotatable bonds is 8. The van der Waals surface area contributed by atoms with Crippen LogP contribution in [0, 0.1) is 6.92 Å². The summed E-state index contributed by atoms with van der Waals surface area (Å²) >= 11 is 22.0. The topological polar surface area (TPSA) is 89.0 Å². The summed E-state index contributed by atoms with van der Waals surface area (Å²) in [5.41, 5.74) is 4.51. The molecule has 11 heteroatoms. The molecule has 3 rings (SSSR count). The van der Waals surface area contributed by atoms with E-state index in [0.717, 1.165) is 0 Å². The van der Waals surface area contributed by atoms with E-state index >= 15 is 0 Å². The van der Waals surface area contributed by atoms with Gasteiger partial charge in [0.15, 0.2) is 11.5 Å². The van der Waals surface area contributed by atoms with Gasteiger partial charge in [-0.3, -0.25) is 9.59 Å². The van der Waals surface area contributed by atoms with E-state index in [2.05, 4.69) is 31.8 Å². The second-order valence-electron chi connectivity index (χ2n) is 7.32. The molecule has 0 saturated heterocycles. The number of halogens is 4. The van der Waals surface area contributed by atoms with Gasteiger partial charge in [-0.2, -0.15) is 5.10 Å². The van der Waals surface area contributed by atoms with E-state index in [9.17, 15) is 9.59 Å². The third-order valence-corrected chi connectivity index (χ3v) is 6.56. The number of amides is 2. The van der Waals surface area contributed by atoms with Gasteiger partial charge in [0.2, 0.25) is 0 Å². The Balaban J connectivity index is 1.69. The quantitative estimate of drug-likeness (QED) is 0.167. The number of anilines is 1. The van der Waals surface area contributed by atoms with Gasteiger partial charge in [-0.05, 0) is 77.3 Å². The van der Waals surface area contributed by atoms with Crippen LogP contribution in [0.4, 0.5) is 5.69 Å². The van der Waals surface area contributed by atoms with Crippen molar-refractivity contribution in [3.63, 3.8) is 0 Å². The highest BCUT2D eigenvalue weighted by atomic mass is 79.9. The average molecular weight is 614 g/mol. The number of carbonyl (C=O) groups is 2. The molecule has 0 aliphatic carbocycles. The molecule has 0 spiro atoms. The van der Waals surface area contributed by atoms with Crippen LogP contribution in [0.3, 0.4) is 0 Å². The molecule has 188 valence electrons. The molecule has 0 heterocycles. The fourth-order valence-corrected chi connectivity index (χ4v) is 4.27. The van der Waals surface area contributed by atoms with Crippen molar-refractivity contribution in [3.05, 3.63) is 84.8 Å². The number of carbonyl (C=O) groups excluding carboxylic acids is 2. The molecule has 0 bridgehead atoms. The van der Waals surface area contributed by atoms with Crippen molar-refractivity contribution in [3.8, 4) is 11.5 Å². The Kier molecular flexibility index (Phi) is 10.0. The molecule has 0 atom stereocenters. The molecule has 3 aromatic carbocycles. The van der Waals surface area contributed by atoms with Gasteiger partial charge in [-0.1, -0.05) is 46.9 Å². The van der Waals surface area contributed by atoms with Crippen molar-refractivity contribution in [2.45, 2.75) is 20.5 Å². The summed E-state index contributed by atoms with van der Waals surface area (Å²) in [6, 6.07) is 13.6. The number of ether oxygens (including phenoxy) is 2. The number of hydrogen-bond acceptors (Lipinski definition) is 5. The van der Waals surface area contributed by atoms with Gasteiger partial charge in [-0.25, -0.2) is 5.43 Å². The van der Waals surface area contributed by atoms with Crippen molar-refractivity contribution in [2.24, 2.45) is 5.10 Å². The molecule has 36 heavy (non-hydrogen) atoms. The summed E-state index contributed by atoms with van der Waals surface area (Å²) in [6.45, 7) is 4.08. The van der Waals surface area contributed by atoms with E-state index in [4.69, 9.17) is 44.3 Å². The molecule has 0 saturated carbocycles. The van der Waals surface area contributed by atoms with Crippen LogP contribution in [0.2, 0.25) is 15.1 Å². The predicted octanol–water partition coefficient (Wildman–Crippen LogP) is 6.78. The van der Waals surface area contributed by atoms with E-state index in [1.807, 2.05) is 6.92 Å². The molecular weight excluding hydrogens is 593 g/mol. The first-order valence-corrected chi connectivity index (χ1v) is 12.6. The van der Waals surface area contributed by atoms with Gasteiger partial charge < -0.3 is 14.8 Å². The molecule has 2 N–H and O–H groups in total. The summed E-state index contributed by atoms with van der Waals surface area (Å²) in [5, 5.41) is 7.83. The van der Waals surface area contributed by atoms with Crippen molar-refractivity contribution < 1.29 is 19.1 Å². The van der Waals surface area contributed by atoms with Gasteiger partial charge in [0, 0.05) is 26.3 Å². The van der Waals surface area contributed by atoms with Crippen LogP contribution >= 0.6 is 50.7 Å². The average Bonchev–Trinajstić information content (AvgIpc) is 2.83. The first-order valence-electron chi connectivity index (χ1n) is 10.6. The highest BCUT2D eigenvalue weighted by Crippen LogP contribution is 2.38. The molecule has 0 aliphatic heterocycles. The van der Waals surface area contributed by atoms with Crippen LogP contribution in [-0.4, -0.2) is 24.6 Å². The minimum absolute atomic E-state index is 0.127. The van der Waals surface area contributed by atoms with E-state index in [1.165, 1.54) is 6.21 Å². The monoisotopic (exact) mass is 611 g/mol. The van der Waals surface area contributed by atoms with Crippen molar-refractivity contribution in [1.29, 1.82) is 0 Å². The number of hydrogen-bond donors (Lipinski definition) is 2. The lowest BCUT2D eigenvalue weighted by Gasteiger charge is -2.15. The summed E-state index contributed by atoms with van der Waals surface area (Å²) in [5.74, 6) is -0.927. The maximum atomic E-state index is 12.2. The Bertz CT molecular complexity index is 1300. The third kappa shape index (κ3) is 7.13. The second kappa shape index (κ2) is 13.0. The standard InChI is InChI=1S/C25H21BrCl3N3O4/c1-3-35-22-11-15(10-17(26)23(22)36-13-16-19(28)7-4-8-20(16)29)12-30-32-25(34)24(33)31-21-9-5-6-18(27)14(21)2/h4-12H,3,13H2,1-2H3,(H,31,33)(H,32,34)/b30-12+. The highest BCUT2D eigenvalue weighted by Gasteiger charge is 2.16. The molecule has 0 aliphatic rings. The van der Waals surface area contributed by atoms with Gasteiger partial charge >= 0.3 is 11.8 Å². The Hall–Kier alpha value is -2.78. The summed E-state index contributed by atoms with van der Waals surface area (Å²) in [6.07, 6.45) is 1.37. The highest BCUT2D eigenvalue weighted by molar-refractivity contribution is 9.10. The van der Waals surface area contributed by atoms with Crippen LogP contribution in [0.5, 0.6) is 11.5 Å². The van der Waals surface area contributed by atoms with Crippen molar-refractivity contribution in [1.82, 2.24) is 5.43 Å². The van der Waals surface area contributed by atoms with Crippen molar-refractivity contribution in [2.75, 3.05) is 11.9 Å². The lowest BCUT2D eigenvalue weighted by Crippen LogP contribution is -2.32. The number of hydrazone groups is 1. The molecule has 0 aromatic heterocycles. The zero-order valence-electron chi connectivity index (χ0n) is 19.2. The molecule has 0 fully saturated rings. The Morgan fingerprint density at radius 1 is 1.00 bits per heavy atom. The minimum Gasteiger partial charge on any atom is -0.490 e. The number of nitrogens with zero attached hydrogens (tertiary/aromatic N) is 1. The summed E-state index contributed by atoms with van der Waals surface area (Å²) < 4.78 is 12.3. The number of nitrogens with one attached hydrogen (secondary N) is 2. The van der Waals surface area contributed by atoms with Gasteiger partial charge in [0.1, 0.15) is 6.61 Å². The van der Waals surface area contributed by atoms with Crippen molar-refractivity contribution >= 4 is 74.4 Å². The predicted molar refractivity (Wildman–Crippen MR) is 147 cm³/mol. The van der Waals surface area contributed by atoms with E-state index in [0.29, 0.717) is 60.0 Å². The van der Waals surface area contributed by atoms with Gasteiger partial charge in [-0.15, -0.1) is 0 Å². The molecule has 3 aromatic rings. The van der Waals surface area contributed by atoms with Gasteiger partial charge in [0.05, 0.1) is 17.3 Å². The maximum absolute atomic E-state index is 12.2. The fraction of sp³-hybridized carbons (Fsp3) is 0.160. The first kappa shape index (κ1) is 27.8. The SMILES string of the molecule is CCOc1cc(/C=N/NC(=O)C(=O)Nc2cccc(Cl)c2C)cc(Br)c1OCc1c(Cl)cccc1Cl. The lowest BCUT2D eigenvalue weighted by molar-refractivity contribution is -0.136. The Labute approximate surface area is 231 Å². The van der Waals surface area contributed by atoms with Crippen LogP contribution < -0.4 is 20.2 Å². The molecule has 7 nitrogen and oxygen atoms in total. The van der Waals surface area contributed by atoms with Crippen LogP contribution in [0.1, 0.15) is 23.6 Å². The first-order chi connectivity index (χ1) is 17.2. The smallest absolute Gasteiger partial charge is 0.329 e. The minimum atomic E-state index is -0.939.